The molecule has 0 fully saturated rings. The van der Waals surface area contributed by atoms with Gasteiger partial charge in [0.1, 0.15) is 0 Å². The zero-order valence-corrected chi connectivity index (χ0v) is 13.0. The normalized spacial score (nSPS) is 12.0. The molecule has 0 saturated heterocycles. The number of hydrogen-bond donors (Lipinski definition) is 1. The highest BCUT2D eigenvalue weighted by Gasteiger charge is 2.18. The standard InChI is InChI=1S/C17H22N2O2/c1-5-19-17(13-6-8-18-9-7-13)14-11-16(21-4)15(20-3)10-12(14)2/h6-11,17,19H,5H2,1-4H3. The maximum atomic E-state index is 5.43. The largest absolute Gasteiger partial charge is 0.493 e. The highest BCUT2D eigenvalue weighted by molar-refractivity contribution is 5.50. The fraction of sp³-hybridized carbons (Fsp3) is 0.353. The van der Waals surface area contributed by atoms with Crippen LogP contribution in [0.4, 0.5) is 0 Å². The van der Waals surface area contributed by atoms with Crippen LogP contribution in [0.5, 0.6) is 11.5 Å². The van der Waals surface area contributed by atoms with Gasteiger partial charge in [0, 0.05) is 12.4 Å². The maximum absolute atomic E-state index is 5.43. The lowest BCUT2D eigenvalue weighted by Crippen LogP contribution is -2.23. The van der Waals surface area contributed by atoms with Crippen molar-refractivity contribution in [3.63, 3.8) is 0 Å². The molecule has 1 unspecified atom stereocenters. The topological polar surface area (TPSA) is 43.4 Å². The Morgan fingerprint density at radius 1 is 1.10 bits per heavy atom. The van der Waals surface area contributed by atoms with Crippen LogP contribution in [-0.4, -0.2) is 25.7 Å². The molecule has 1 atom stereocenters. The second kappa shape index (κ2) is 7.09. The van der Waals surface area contributed by atoms with E-state index >= 15 is 0 Å². The zero-order valence-electron chi connectivity index (χ0n) is 13.0. The molecular weight excluding hydrogens is 264 g/mol. The number of nitrogens with zero attached hydrogens (tertiary/aromatic N) is 1. The Bertz CT molecular complexity index is 585. The van der Waals surface area contributed by atoms with Crippen molar-refractivity contribution in [1.29, 1.82) is 0 Å². The second-order valence-corrected chi connectivity index (χ2v) is 4.84. The van der Waals surface area contributed by atoms with Crippen molar-refractivity contribution >= 4 is 0 Å². The molecule has 1 aromatic carbocycles. The van der Waals surface area contributed by atoms with Gasteiger partial charge in [-0.15, -0.1) is 0 Å². The number of benzene rings is 1. The molecule has 2 aromatic rings. The number of ether oxygens (including phenoxy) is 2. The van der Waals surface area contributed by atoms with E-state index in [1.807, 2.05) is 36.7 Å². The van der Waals surface area contributed by atoms with E-state index in [0.717, 1.165) is 23.6 Å². The molecule has 4 nitrogen and oxygen atoms in total. The zero-order chi connectivity index (χ0) is 15.2. The van der Waals surface area contributed by atoms with Crippen molar-refractivity contribution in [1.82, 2.24) is 10.3 Å². The molecule has 0 saturated carbocycles. The molecule has 112 valence electrons. The molecule has 0 spiro atoms. The van der Waals surface area contributed by atoms with E-state index in [1.54, 1.807) is 14.2 Å². The highest BCUT2D eigenvalue weighted by atomic mass is 16.5. The van der Waals surface area contributed by atoms with Gasteiger partial charge in [0.2, 0.25) is 0 Å². The van der Waals surface area contributed by atoms with Crippen molar-refractivity contribution in [2.45, 2.75) is 19.9 Å². The maximum Gasteiger partial charge on any atom is 0.161 e. The summed E-state index contributed by atoms with van der Waals surface area (Å²) in [4.78, 5) is 4.09. The van der Waals surface area contributed by atoms with Gasteiger partial charge in [-0.2, -0.15) is 0 Å². The summed E-state index contributed by atoms with van der Waals surface area (Å²) >= 11 is 0. The molecule has 0 aliphatic carbocycles. The summed E-state index contributed by atoms with van der Waals surface area (Å²) in [6.07, 6.45) is 3.63. The minimum atomic E-state index is 0.109. The summed E-state index contributed by atoms with van der Waals surface area (Å²) in [6.45, 7) is 5.06. The molecule has 2 rings (SSSR count). The third-order valence-electron chi connectivity index (χ3n) is 3.53. The predicted molar refractivity (Wildman–Crippen MR) is 84.0 cm³/mol. The molecular formula is C17H22N2O2. The Hall–Kier alpha value is -2.07. The van der Waals surface area contributed by atoms with Gasteiger partial charge in [-0.05, 0) is 54.4 Å². The number of aryl methyl sites for hydroxylation is 1. The fourth-order valence-corrected chi connectivity index (χ4v) is 2.47. The van der Waals surface area contributed by atoms with Gasteiger partial charge in [-0.25, -0.2) is 0 Å². The van der Waals surface area contributed by atoms with E-state index in [0.29, 0.717) is 0 Å². The monoisotopic (exact) mass is 286 g/mol. The number of pyridine rings is 1. The van der Waals surface area contributed by atoms with Gasteiger partial charge < -0.3 is 14.8 Å². The third-order valence-corrected chi connectivity index (χ3v) is 3.53. The summed E-state index contributed by atoms with van der Waals surface area (Å²) in [7, 11) is 3.31. The van der Waals surface area contributed by atoms with Gasteiger partial charge >= 0.3 is 0 Å². The fourth-order valence-electron chi connectivity index (χ4n) is 2.47. The smallest absolute Gasteiger partial charge is 0.161 e. The Morgan fingerprint density at radius 3 is 2.29 bits per heavy atom. The van der Waals surface area contributed by atoms with Crippen LogP contribution in [0.2, 0.25) is 0 Å². The van der Waals surface area contributed by atoms with Crippen LogP contribution in [0.3, 0.4) is 0 Å². The SMILES string of the molecule is CCNC(c1ccncc1)c1cc(OC)c(OC)cc1C. The van der Waals surface area contributed by atoms with E-state index < -0.39 is 0 Å². The first kappa shape index (κ1) is 15.3. The van der Waals surface area contributed by atoms with Gasteiger partial charge in [0.25, 0.3) is 0 Å². The Kier molecular flexibility index (Phi) is 5.17. The first-order valence-corrected chi connectivity index (χ1v) is 7.07. The lowest BCUT2D eigenvalue weighted by Gasteiger charge is -2.22. The summed E-state index contributed by atoms with van der Waals surface area (Å²) in [5.41, 5.74) is 3.53. The summed E-state index contributed by atoms with van der Waals surface area (Å²) in [5, 5.41) is 3.52. The number of methoxy groups -OCH3 is 2. The molecule has 21 heavy (non-hydrogen) atoms. The van der Waals surface area contributed by atoms with E-state index in [-0.39, 0.29) is 6.04 Å². The molecule has 0 radical (unpaired) electrons. The van der Waals surface area contributed by atoms with Crippen LogP contribution < -0.4 is 14.8 Å². The molecule has 1 heterocycles. The third kappa shape index (κ3) is 3.34. The number of hydrogen-bond acceptors (Lipinski definition) is 4. The molecule has 4 heteroatoms. The van der Waals surface area contributed by atoms with Crippen LogP contribution in [-0.2, 0) is 0 Å². The first-order chi connectivity index (χ1) is 10.2. The summed E-state index contributed by atoms with van der Waals surface area (Å²) in [5.74, 6) is 1.50. The second-order valence-electron chi connectivity index (χ2n) is 4.84. The van der Waals surface area contributed by atoms with Gasteiger partial charge in [-0.3, -0.25) is 4.98 Å². The predicted octanol–water partition coefficient (Wildman–Crippen LogP) is 3.11. The summed E-state index contributed by atoms with van der Waals surface area (Å²) < 4.78 is 10.8. The number of nitrogens with one attached hydrogen (secondary N) is 1. The summed E-state index contributed by atoms with van der Waals surface area (Å²) in [6, 6.07) is 8.23. The first-order valence-electron chi connectivity index (χ1n) is 7.07. The van der Waals surface area contributed by atoms with Gasteiger partial charge in [0.15, 0.2) is 11.5 Å². The van der Waals surface area contributed by atoms with E-state index in [4.69, 9.17) is 9.47 Å². The molecule has 0 aliphatic rings. The van der Waals surface area contributed by atoms with Crippen LogP contribution in [0.15, 0.2) is 36.7 Å². The van der Waals surface area contributed by atoms with E-state index in [2.05, 4.69) is 24.1 Å². The van der Waals surface area contributed by atoms with Crippen molar-refractivity contribution in [3.05, 3.63) is 53.3 Å². The van der Waals surface area contributed by atoms with E-state index in [9.17, 15) is 0 Å². The van der Waals surface area contributed by atoms with Crippen molar-refractivity contribution < 1.29 is 9.47 Å². The van der Waals surface area contributed by atoms with Crippen LogP contribution in [0, 0.1) is 6.92 Å². The van der Waals surface area contributed by atoms with E-state index in [1.165, 1.54) is 11.1 Å². The van der Waals surface area contributed by atoms with Crippen LogP contribution >= 0.6 is 0 Å². The van der Waals surface area contributed by atoms with Crippen molar-refractivity contribution in [3.8, 4) is 11.5 Å². The van der Waals surface area contributed by atoms with Crippen molar-refractivity contribution in [2.75, 3.05) is 20.8 Å². The Labute approximate surface area is 126 Å². The van der Waals surface area contributed by atoms with Gasteiger partial charge in [-0.1, -0.05) is 6.92 Å². The average molecular weight is 286 g/mol. The highest BCUT2D eigenvalue weighted by Crippen LogP contribution is 2.34. The van der Waals surface area contributed by atoms with Crippen LogP contribution in [0.1, 0.15) is 29.7 Å². The van der Waals surface area contributed by atoms with Crippen LogP contribution in [0.25, 0.3) is 0 Å². The molecule has 0 amide bonds. The lowest BCUT2D eigenvalue weighted by atomic mass is 9.95. The molecule has 0 aliphatic heterocycles. The minimum Gasteiger partial charge on any atom is -0.493 e. The number of rotatable bonds is 6. The number of aromatic nitrogens is 1. The minimum absolute atomic E-state index is 0.109. The Morgan fingerprint density at radius 2 is 1.71 bits per heavy atom. The average Bonchev–Trinajstić information content (AvgIpc) is 2.53. The molecule has 1 aromatic heterocycles. The Balaban J connectivity index is 2.50. The quantitative estimate of drug-likeness (QED) is 0.886. The molecule has 1 N–H and O–H groups in total. The lowest BCUT2D eigenvalue weighted by molar-refractivity contribution is 0.354. The van der Waals surface area contributed by atoms with Gasteiger partial charge in [0.05, 0.1) is 20.3 Å². The van der Waals surface area contributed by atoms with Crippen molar-refractivity contribution in [2.24, 2.45) is 0 Å². The molecule has 0 bridgehead atoms.